The summed E-state index contributed by atoms with van der Waals surface area (Å²) in [6, 6.07) is -0.643. The molecule has 2 aliphatic carbocycles. The number of carbonyl (C=O) groups is 1. The Bertz CT molecular complexity index is 541. The minimum atomic E-state index is -3.89. The number of halogens is 2. The van der Waals surface area contributed by atoms with Crippen LogP contribution in [0.15, 0.2) is 12.2 Å². The molecule has 5 nitrogen and oxygen atoms in total. The van der Waals surface area contributed by atoms with E-state index in [1.54, 1.807) is 12.2 Å². The maximum absolute atomic E-state index is 13.3. The number of aliphatic carboxylic acids is 1. The van der Waals surface area contributed by atoms with Gasteiger partial charge in [-0.15, -0.1) is 0 Å². The smallest absolute Gasteiger partial charge is 0.306 e. The maximum atomic E-state index is 13.3. The fraction of sp³-hybridized carbons (Fsp3) is 0.786. The molecule has 2 N–H and O–H groups in total. The number of hydrogen-bond acceptors (Lipinski definition) is 3. The Hall–Kier alpha value is -1.02. The van der Waals surface area contributed by atoms with Crippen molar-refractivity contribution in [3.63, 3.8) is 0 Å². The van der Waals surface area contributed by atoms with Gasteiger partial charge in [-0.2, -0.15) is 0 Å². The number of hydrogen-bond donors (Lipinski definition) is 2. The molecule has 2 atom stereocenters. The molecule has 2 rings (SSSR count). The van der Waals surface area contributed by atoms with Crippen LogP contribution in [0.25, 0.3) is 0 Å². The van der Waals surface area contributed by atoms with Gasteiger partial charge < -0.3 is 5.11 Å². The van der Waals surface area contributed by atoms with E-state index in [1.807, 2.05) is 0 Å². The van der Waals surface area contributed by atoms with Crippen molar-refractivity contribution in [3.8, 4) is 0 Å². The molecular weight excluding hydrogens is 316 g/mol. The van der Waals surface area contributed by atoms with E-state index >= 15 is 0 Å². The van der Waals surface area contributed by atoms with Gasteiger partial charge in [-0.1, -0.05) is 25.0 Å². The van der Waals surface area contributed by atoms with Gasteiger partial charge in [0.25, 0.3) is 0 Å². The Morgan fingerprint density at radius 2 is 2.00 bits per heavy atom. The second kappa shape index (κ2) is 6.62. The first-order valence-corrected chi connectivity index (χ1v) is 9.07. The van der Waals surface area contributed by atoms with Crippen molar-refractivity contribution >= 4 is 16.0 Å². The topological polar surface area (TPSA) is 83.5 Å². The normalized spacial score (nSPS) is 28.1. The standard InChI is InChI=1S/C14H21F2NO4S/c15-13(16)14(6-1-2-7-14)9-22(20,21)17-11-5-3-4-10(8-11)12(18)19/h3,5,10-11,13,17H,1-2,4,6-9H2,(H,18,19)/t10-,11-/m1/s1. The van der Waals surface area contributed by atoms with Crippen molar-refractivity contribution in [3.05, 3.63) is 12.2 Å². The van der Waals surface area contributed by atoms with Crippen molar-refractivity contribution < 1.29 is 27.1 Å². The van der Waals surface area contributed by atoms with E-state index in [0.717, 1.165) is 0 Å². The van der Waals surface area contributed by atoms with Crippen LogP contribution in [0, 0.1) is 11.3 Å². The van der Waals surface area contributed by atoms with Gasteiger partial charge in [0.05, 0.1) is 11.7 Å². The lowest BCUT2D eigenvalue weighted by molar-refractivity contribution is -0.142. The molecule has 1 saturated carbocycles. The quantitative estimate of drug-likeness (QED) is 0.728. The predicted molar refractivity (Wildman–Crippen MR) is 77.1 cm³/mol. The lowest BCUT2D eigenvalue weighted by Crippen LogP contribution is -2.44. The number of nitrogens with one attached hydrogen (secondary N) is 1. The number of carboxylic acids is 1. The molecule has 0 amide bonds. The average molecular weight is 337 g/mol. The van der Waals surface area contributed by atoms with Gasteiger partial charge in [-0.05, 0) is 25.7 Å². The molecule has 0 spiro atoms. The summed E-state index contributed by atoms with van der Waals surface area (Å²) in [4.78, 5) is 11.0. The van der Waals surface area contributed by atoms with Gasteiger partial charge in [0.2, 0.25) is 16.4 Å². The molecule has 0 saturated heterocycles. The summed E-state index contributed by atoms with van der Waals surface area (Å²) in [7, 11) is -3.89. The highest BCUT2D eigenvalue weighted by molar-refractivity contribution is 7.89. The third kappa shape index (κ3) is 4.04. The number of alkyl halides is 2. The Morgan fingerprint density at radius 1 is 1.36 bits per heavy atom. The fourth-order valence-electron chi connectivity index (χ4n) is 3.33. The van der Waals surface area contributed by atoms with Gasteiger partial charge in [0.1, 0.15) is 0 Å². The van der Waals surface area contributed by atoms with Crippen LogP contribution in [0.4, 0.5) is 8.78 Å². The molecule has 0 aromatic carbocycles. The van der Waals surface area contributed by atoms with Gasteiger partial charge in [-0.3, -0.25) is 4.79 Å². The van der Waals surface area contributed by atoms with Crippen LogP contribution >= 0.6 is 0 Å². The number of rotatable bonds is 6. The maximum Gasteiger partial charge on any atom is 0.306 e. The second-order valence-corrected chi connectivity index (χ2v) is 8.04. The zero-order valence-corrected chi connectivity index (χ0v) is 13.0. The minimum absolute atomic E-state index is 0.146. The van der Waals surface area contributed by atoms with Crippen molar-refractivity contribution in [1.82, 2.24) is 4.72 Å². The highest BCUT2D eigenvalue weighted by Crippen LogP contribution is 2.44. The van der Waals surface area contributed by atoms with Crippen LogP contribution in [-0.4, -0.2) is 37.7 Å². The molecule has 126 valence electrons. The number of allylic oxidation sites excluding steroid dienone is 1. The van der Waals surface area contributed by atoms with E-state index in [9.17, 15) is 22.0 Å². The summed E-state index contributed by atoms with van der Waals surface area (Å²) in [5, 5.41) is 8.99. The molecule has 8 heteroatoms. The first kappa shape index (κ1) is 17.3. The van der Waals surface area contributed by atoms with Gasteiger partial charge in [-0.25, -0.2) is 21.9 Å². The lowest BCUT2D eigenvalue weighted by Gasteiger charge is -2.29. The highest BCUT2D eigenvalue weighted by atomic mass is 32.2. The molecule has 1 fully saturated rings. The van der Waals surface area contributed by atoms with Gasteiger partial charge in [0, 0.05) is 11.5 Å². The lowest BCUT2D eigenvalue weighted by atomic mass is 9.89. The van der Waals surface area contributed by atoms with E-state index in [1.165, 1.54) is 0 Å². The largest absolute Gasteiger partial charge is 0.481 e. The molecule has 0 heterocycles. The molecule has 0 aromatic heterocycles. The number of sulfonamides is 1. The van der Waals surface area contributed by atoms with Crippen LogP contribution in [0.3, 0.4) is 0 Å². The molecule has 0 radical (unpaired) electrons. The summed E-state index contributed by atoms with van der Waals surface area (Å²) in [5.41, 5.74) is -1.46. The van der Waals surface area contributed by atoms with Crippen molar-refractivity contribution in [2.24, 2.45) is 11.3 Å². The second-order valence-electron chi connectivity index (χ2n) is 6.29. The Morgan fingerprint density at radius 3 is 2.55 bits per heavy atom. The first-order chi connectivity index (χ1) is 10.2. The molecule has 2 aliphatic rings. The Balaban J connectivity index is 2.03. The molecule has 0 aromatic rings. The summed E-state index contributed by atoms with van der Waals surface area (Å²) in [6.07, 6.45) is 2.71. The minimum Gasteiger partial charge on any atom is -0.481 e. The van der Waals surface area contributed by atoms with E-state index in [4.69, 9.17) is 5.11 Å². The van der Waals surface area contributed by atoms with E-state index in [0.29, 0.717) is 19.3 Å². The van der Waals surface area contributed by atoms with Gasteiger partial charge in [0.15, 0.2) is 0 Å². The van der Waals surface area contributed by atoms with Crippen LogP contribution in [0.1, 0.15) is 38.5 Å². The third-order valence-electron chi connectivity index (χ3n) is 4.55. The molecule has 0 bridgehead atoms. The predicted octanol–water partition coefficient (Wildman–Crippen LogP) is 2.15. The number of carboxylic acid groups (broad SMARTS) is 1. The summed E-state index contributed by atoms with van der Waals surface area (Å²) < 4.78 is 53.4. The average Bonchev–Trinajstić information content (AvgIpc) is 2.87. The van der Waals surface area contributed by atoms with E-state index in [2.05, 4.69) is 4.72 Å². The van der Waals surface area contributed by atoms with Crippen LogP contribution in [0.5, 0.6) is 0 Å². The molecule has 22 heavy (non-hydrogen) atoms. The summed E-state index contributed by atoms with van der Waals surface area (Å²) >= 11 is 0. The van der Waals surface area contributed by atoms with Crippen molar-refractivity contribution in [1.29, 1.82) is 0 Å². The third-order valence-corrected chi connectivity index (χ3v) is 6.16. The molecule has 0 aliphatic heterocycles. The van der Waals surface area contributed by atoms with Crippen LogP contribution in [-0.2, 0) is 14.8 Å². The van der Waals surface area contributed by atoms with Crippen LogP contribution in [0.2, 0.25) is 0 Å². The SMILES string of the molecule is O=C(O)[C@@H]1CC=C[C@@H](NS(=O)(=O)CC2(C(F)F)CCCC2)C1. The fourth-order valence-corrected chi connectivity index (χ4v) is 5.22. The van der Waals surface area contributed by atoms with E-state index in [-0.39, 0.29) is 19.3 Å². The summed E-state index contributed by atoms with van der Waals surface area (Å²) in [5.74, 6) is -2.22. The monoisotopic (exact) mass is 337 g/mol. The zero-order valence-electron chi connectivity index (χ0n) is 12.2. The zero-order chi connectivity index (χ0) is 16.4. The van der Waals surface area contributed by atoms with E-state index < -0.39 is 45.5 Å². The Labute approximate surface area is 128 Å². The van der Waals surface area contributed by atoms with Crippen LogP contribution < -0.4 is 4.72 Å². The van der Waals surface area contributed by atoms with Gasteiger partial charge >= 0.3 is 5.97 Å². The Kier molecular flexibility index (Phi) is 5.21. The molecular formula is C14H21F2NO4S. The highest BCUT2D eigenvalue weighted by Gasteiger charge is 2.46. The first-order valence-electron chi connectivity index (χ1n) is 7.42. The molecule has 0 unspecified atom stereocenters. The summed E-state index contributed by atoms with van der Waals surface area (Å²) in [6.45, 7) is 0. The van der Waals surface area contributed by atoms with Crippen molar-refractivity contribution in [2.45, 2.75) is 51.0 Å². The van der Waals surface area contributed by atoms with Crippen molar-refractivity contribution in [2.75, 3.05) is 5.75 Å².